The number of aliphatic hydroxyl groups is 1. The summed E-state index contributed by atoms with van der Waals surface area (Å²) in [6.45, 7) is 2.12. The number of nitrogens with one attached hydrogen (secondary N) is 1. The normalized spacial score (nSPS) is 17.0. The van der Waals surface area contributed by atoms with Crippen LogP contribution in [-0.2, 0) is 16.6 Å². The molecule has 118 valence electrons. The minimum atomic E-state index is -3.49. The van der Waals surface area contributed by atoms with E-state index in [2.05, 4.69) is 4.72 Å². The molecule has 0 unspecified atom stereocenters. The first kappa shape index (κ1) is 16.5. The van der Waals surface area contributed by atoms with Crippen LogP contribution < -0.4 is 4.72 Å². The summed E-state index contributed by atoms with van der Waals surface area (Å²) >= 11 is 0. The van der Waals surface area contributed by atoms with Crippen LogP contribution in [0.15, 0.2) is 23.1 Å². The maximum Gasteiger partial charge on any atom is 0.240 e. The monoisotopic (exact) mass is 311 g/mol. The van der Waals surface area contributed by atoms with Crippen LogP contribution in [-0.4, -0.2) is 20.1 Å². The minimum Gasteiger partial charge on any atom is -0.392 e. The van der Waals surface area contributed by atoms with Crippen LogP contribution in [0.5, 0.6) is 0 Å². The lowest BCUT2D eigenvalue weighted by molar-refractivity contribution is 0.281. The zero-order valence-electron chi connectivity index (χ0n) is 12.6. The van der Waals surface area contributed by atoms with Gasteiger partial charge in [-0.05, 0) is 36.5 Å². The summed E-state index contributed by atoms with van der Waals surface area (Å²) < 4.78 is 27.4. The van der Waals surface area contributed by atoms with Gasteiger partial charge in [-0.25, -0.2) is 13.1 Å². The first-order valence-corrected chi connectivity index (χ1v) is 9.21. The Bertz CT molecular complexity index is 563. The first-order valence-electron chi connectivity index (χ1n) is 7.73. The van der Waals surface area contributed by atoms with Gasteiger partial charge in [-0.2, -0.15) is 0 Å². The van der Waals surface area contributed by atoms with Gasteiger partial charge < -0.3 is 5.11 Å². The zero-order valence-corrected chi connectivity index (χ0v) is 13.5. The SMILES string of the molecule is Cc1ccc(CO)cc1S(=O)(=O)NCCC1CCCCC1. The van der Waals surface area contributed by atoms with Gasteiger partial charge in [0.25, 0.3) is 0 Å². The third-order valence-electron chi connectivity index (χ3n) is 4.29. The predicted octanol–water partition coefficient (Wildman–Crippen LogP) is 2.74. The van der Waals surface area contributed by atoms with E-state index in [4.69, 9.17) is 5.11 Å². The van der Waals surface area contributed by atoms with Gasteiger partial charge in [0.05, 0.1) is 11.5 Å². The summed E-state index contributed by atoms with van der Waals surface area (Å²) in [5, 5.41) is 9.15. The van der Waals surface area contributed by atoms with Crippen LogP contribution in [0, 0.1) is 12.8 Å². The van der Waals surface area contributed by atoms with Crippen molar-refractivity contribution in [3.05, 3.63) is 29.3 Å². The van der Waals surface area contributed by atoms with Crippen molar-refractivity contribution in [1.29, 1.82) is 0 Å². The summed E-state index contributed by atoms with van der Waals surface area (Å²) in [7, 11) is -3.49. The summed E-state index contributed by atoms with van der Waals surface area (Å²) in [5.74, 6) is 0.659. The maximum atomic E-state index is 12.4. The molecule has 1 aromatic carbocycles. The molecule has 5 heteroatoms. The molecule has 1 aliphatic carbocycles. The van der Waals surface area contributed by atoms with Crippen LogP contribution in [0.25, 0.3) is 0 Å². The molecule has 0 aromatic heterocycles. The first-order chi connectivity index (χ1) is 10.0. The van der Waals surface area contributed by atoms with E-state index in [0.717, 1.165) is 6.42 Å². The van der Waals surface area contributed by atoms with Crippen molar-refractivity contribution >= 4 is 10.0 Å². The van der Waals surface area contributed by atoms with Crippen molar-refractivity contribution in [2.24, 2.45) is 5.92 Å². The quantitative estimate of drug-likeness (QED) is 0.849. The number of rotatable bonds is 6. The smallest absolute Gasteiger partial charge is 0.240 e. The second kappa shape index (κ2) is 7.38. The van der Waals surface area contributed by atoms with E-state index in [1.807, 2.05) is 0 Å². The van der Waals surface area contributed by atoms with Gasteiger partial charge in [0.2, 0.25) is 10.0 Å². The predicted molar refractivity (Wildman–Crippen MR) is 83.5 cm³/mol. The van der Waals surface area contributed by atoms with Gasteiger partial charge in [0.15, 0.2) is 0 Å². The number of aryl methyl sites for hydroxylation is 1. The lowest BCUT2D eigenvalue weighted by Crippen LogP contribution is -2.27. The highest BCUT2D eigenvalue weighted by atomic mass is 32.2. The van der Waals surface area contributed by atoms with Crippen LogP contribution in [0.4, 0.5) is 0 Å². The molecule has 21 heavy (non-hydrogen) atoms. The van der Waals surface area contributed by atoms with Gasteiger partial charge in [-0.1, -0.05) is 44.2 Å². The van der Waals surface area contributed by atoms with E-state index in [0.29, 0.717) is 23.6 Å². The number of aliphatic hydroxyl groups excluding tert-OH is 1. The second-order valence-corrected chi connectivity index (χ2v) is 7.68. The molecular formula is C16H25NO3S. The Morgan fingerprint density at radius 2 is 1.95 bits per heavy atom. The Balaban J connectivity index is 1.97. The van der Waals surface area contributed by atoms with E-state index >= 15 is 0 Å². The highest BCUT2D eigenvalue weighted by Crippen LogP contribution is 2.26. The molecule has 0 spiro atoms. The van der Waals surface area contributed by atoms with Crippen molar-refractivity contribution in [2.75, 3.05) is 6.54 Å². The second-order valence-electron chi connectivity index (χ2n) is 5.95. The summed E-state index contributed by atoms with van der Waals surface area (Å²) in [4.78, 5) is 0.276. The molecule has 0 radical (unpaired) electrons. The third-order valence-corrected chi connectivity index (χ3v) is 5.90. The lowest BCUT2D eigenvalue weighted by Gasteiger charge is -2.21. The molecule has 1 aliphatic rings. The fourth-order valence-electron chi connectivity index (χ4n) is 2.98. The lowest BCUT2D eigenvalue weighted by atomic mass is 9.87. The summed E-state index contributed by atoms with van der Waals surface area (Å²) in [6, 6.07) is 5.04. The molecular weight excluding hydrogens is 286 g/mol. The number of hydrogen-bond donors (Lipinski definition) is 2. The Hall–Kier alpha value is -0.910. The summed E-state index contributed by atoms with van der Waals surface area (Å²) in [6.07, 6.45) is 7.22. The molecule has 0 saturated heterocycles. The largest absolute Gasteiger partial charge is 0.392 e. The average molecular weight is 311 g/mol. The van der Waals surface area contributed by atoms with Crippen LogP contribution >= 0.6 is 0 Å². The molecule has 0 heterocycles. The molecule has 0 aliphatic heterocycles. The Labute approximate surface area is 127 Å². The van der Waals surface area contributed by atoms with Gasteiger partial charge >= 0.3 is 0 Å². The number of hydrogen-bond acceptors (Lipinski definition) is 3. The highest BCUT2D eigenvalue weighted by Gasteiger charge is 2.18. The Morgan fingerprint density at radius 1 is 1.24 bits per heavy atom. The molecule has 2 rings (SSSR count). The Morgan fingerprint density at radius 3 is 2.62 bits per heavy atom. The van der Waals surface area contributed by atoms with E-state index in [9.17, 15) is 8.42 Å². The topological polar surface area (TPSA) is 66.4 Å². The Kier molecular flexibility index (Phi) is 5.79. The van der Waals surface area contributed by atoms with Crippen LogP contribution in [0.2, 0.25) is 0 Å². The highest BCUT2D eigenvalue weighted by molar-refractivity contribution is 7.89. The molecule has 1 fully saturated rings. The van der Waals surface area contributed by atoms with E-state index < -0.39 is 10.0 Å². The average Bonchev–Trinajstić information content (AvgIpc) is 2.48. The molecule has 0 amide bonds. The molecule has 0 atom stereocenters. The van der Waals surface area contributed by atoms with Crippen molar-refractivity contribution in [2.45, 2.75) is 57.0 Å². The summed E-state index contributed by atoms with van der Waals surface area (Å²) in [5.41, 5.74) is 1.32. The van der Waals surface area contributed by atoms with E-state index in [1.54, 1.807) is 25.1 Å². The van der Waals surface area contributed by atoms with Gasteiger partial charge in [-0.3, -0.25) is 0 Å². The fraction of sp³-hybridized carbons (Fsp3) is 0.625. The van der Waals surface area contributed by atoms with Crippen molar-refractivity contribution in [3.8, 4) is 0 Å². The van der Waals surface area contributed by atoms with Crippen molar-refractivity contribution in [1.82, 2.24) is 4.72 Å². The van der Waals surface area contributed by atoms with Crippen LogP contribution in [0.1, 0.15) is 49.7 Å². The van der Waals surface area contributed by atoms with Gasteiger partial charge in [-0.15, -0.1) is 0 Å². The number of sulfonamides is 1. The van der Waals surface area contributed by atoms with Crippen molar-refractivity contribution in [3.63, 3.8) is 0 Å². The van der Waals surface area contributed by atoms with Crippen molar-refractivity contribution < 1.29 is 13.5 Å². The number of benzene rings is 1. The molecule has 1 saturated carbocycles. The van der Waals surface area contributed by atoms with Gasteiger partial charge in [0.1, 0.15) is 0 Å². The zero-order chi connectivity index (χ0) is 15.3. The third kappa shape index (κ3) is 4.53. The van der Waals surface area contributed by atoms with Crippen LogP contribution in [0.3, 0.4) is 0 Å². The maximum absolute atomic E-state index is 12.4. The molecule has 0 bridgehead atoms. The fourth-order valence-corrected chi connectivity index (χ4v) is 4.32. The molecule has 1 aromatic rings. The molecule has 2 N–H and O–H groups in total. The standard InChI is InChI=1S/C16H25NO3S/c1-13-7-8-15(12-18)11-16(13)21(19,20)17-10-9-14-5-3-2-4-6-14/h7-8,11,14,17-18H,2-6,9-10,12H2,1H3. The van der Waals surface area contributed by atoms with Gasteiger partial charge in [0, 0.05) is 6.54 Å². The minimum absolute atomic E-state index is 0.148. The van der Waals surface area contributed by atoms with E-state index in [1.165, 1.54) is 32.1 Å². The molecule has 4 nitrogen and oxygen atoms in total. The van der Waals surface area contributed by atoms with E-state index in [-0.39, 0.29) is 11.5 Å².